The number of likely N-dealkylation sites (N-methyl/N-ethyl adjacent to an activating group) is 1. The topological polar surface area (TPSA) is 57.3 Å². The van der Waals surface area contributed by atoms with Crippen LogP contribution < -0.4 is 10.2 Å². The number of anilines is 1. The van der Waals surface area contributed by atoms with Crippen molar-refractivity contribution in [3.8, 4) is 6.07 Å². The molecule has 3 rings (SSSR count). The highest BCUT2D eigenvalue weighted by atomic mass is 35.5. The molecular formula is C20H21ClN3O+. The molecule has 0 aliphatic heterocycles. The van der Waals surface area contributed by atoms with Gasteiger partial charge in [-0.15, -0.1) is 0 Å². The van der Waals surface area contributed by atoms with Crippen molar-refractivity contribution in [3.05, 3.63) is 64.2 Å². The molecule has 4 nitrogen and oxygen atoms in total. The highest BCUT2D eigenvalue weighted by Crippen LogP contribution is 2.27. The van der Waals surface area contributed by atoms with Gasteiger partial charge >= 0.3 is 0 Å². The number of nitriles is 1. The van der Waals surface area contributed by atoms with Gasteiger partial charge in [0, 0.05) is 17.7 Å². The number of benzene rings is 2. The minimum Gasteiger partial charge on any atom is -0.323 e. The van der Waals surface area contributed by atoms with E-state index in [9.17, 15) is 4.79 Å². The summed E-state index contributed by atoms with van der Waals surface area (Å²) in [6.07, 6.45) is 3.38. The van der Waals surface area contributed by atoms with Crippen molar-refractivity contribution in [2.45, 2.75) is 25.3 Å². The summed E-state index contributed by atoms with van der Waals surface area (Å²) in [6.45, 7) is 0.386. The Balaban J connectivity index is 1.66. The van der Waals surface area contributed by atoms with E-state index in [0.29, 0.717) is 28.9 Å². The fourth-order valence-electron chi connectivity index (χ4n) is 3.53. The van der Waals surface area contributed by atoms with Gasteiger partial charge < -0.3 is 10.2 Å². The Bertz CT molecular complexity index is 828. The number of amides is 1. The van der Waals surface area contributed by atoms with Gasteiger partial charge in [-0.3, -0.25) is 4.79 Å². The van der Waals surface area contributed by atoms with Crippen LogP contribution in [0, 0.1) is 11.3 Å². The Hall–Kier alpha value is -2.35. The summed E-state index contributed by atoms with van der Waals surface area (Å²) in [5.74, 6) is -0.0543. The Morgan fingerprint density at radius 3 is 2.92 bits per heavy atom. The van der Waals surface area contributed by atoms with Crippen LogP contribution in [0.5, 0.6) is 0 Å². The maximum atomic E-state index is 12.4. The summed E-state index contributed by atoms with van der Waals surface area (Å²) < 4.78 is 0. The van der Waals surface area contributed by atoms with Gasteiger partial charge in [0.25, 0.3) is 5.91 Å². The number of aryl methyl sites for hydroxylation is 1. The van der Waals surface area contributed by atoms with Gasteiger partial charge in [-0.1, -0.05) is 35.9 Å². The number of hydrogen-bond donors (Lipinski definition) is 2. The molecule has 1 aliphatic carbocycles. The normalized spacial score (nSPS) is 17.2. The Labute approximate surface area is 153 Å². The number of halogens is 1. The largest absolute Gasteiger partial charge is 0.323 e. The van der Waals surface area contributed by atoms with E-state index in [0.717, 1.165) is 19.3 Å². The van der Waals surface area contributed by atoms with Crippen molar-refractivity contribution in [1.82, 2.24) is 0 Å². The minimum atomic E-state index is -0.0543. The smallest absolute Gasteiger partial charge is 0.279 e. The summed E-state index contributed by atoms with van der Waals surface area (Å²) in [7, 11) is 2.07. The van der Waals surface area contributed by atoms with Crippen LogP contribution in [-0.4, -0.2) is 19.5 Å². The first kappa shape index (κ1) is 17.5. The second-order valence-corrected chi connectivity index (χ2v) is 6.93. The molecule has 25 heavy (non-hydrogen) atoms. The number of nitrogens with one attached hydrogen (secondary N) is 2. The van der Waals surface area contributed by atoms with Gasteiger partial charge in [0.2, 0.25) is 0 Å². The SMILES string of the molecule is C[NH+](CC(=O)Nc1ccc(C#N)c(Cl)c1)[C@@H]1CCCc2ccccc21. The third-order valence-electron chi connectivity index (χ3n) is 4.78. The Morgan fingerprint density at radius 2 is 2.16 bits per heavy atom. The summed E-state index contributed by atoms with van der Waals surface area (Å²) in [4.78, 5) is 13.6. The van der Waals surface area contributed by atoms with E-state index in [4.69, 9.17) is 16.9 Å². The molecule has 1 unspecified atom stereocenters. The van der Waals surface area contributed by atoms with Crippen molar-refractivity contribution in [3.63, 3.8) is 0 Å². The highest BCUT2D eigenvalue weighted by Gasteiger charge is 2.27. The number of carbonyl (C=O) groups excluding carboxylic acids is 1. The molecule has 0 saturated heterocycles. The molecule has 0 bridgehead atoms. The van der Waals surface area contributed by atoms with Crippen LogP contribution in [0.25, 0.3) is 0 Å². The molecule has 2 N–H and O–H groups in total. The lowest BCUT2D eigenvalue weighted by Gasteiger charge is -2.30. The van der Waals surface area contributed by atoms with Gasteiger partial charge in [0.05, 0.1) is 17.6 Å². The average molecular weight is 355 g/mol. The van der Waals surface area contributed by atoms with E-state index in [1.807, 2.05) is 6.07 Å². The molecule has 1 amide bonds. The monoisotopic (exact) mass is 354 g/mol. The lowest BCUT2D eigenvalue weighted by Crippen LogP contribution is -3.10. The lowest BCUT2D eigenvalue weighted by atomic mass is 9.87. The third-order valence-corrected chi connectivity index (χ3v) is 5.09. The summed E-state index contributed by atoms with van der Waals surface area (Å²) in [6, 6.07) is 15.8. The zero-order valence-corrected chi connectivity index (χ0v) is 14.9. The van der Waals surface area contributed by atoms with Crippen molar-refractivity contribution < 1.29 is 9.69 Å². The minimum absolute atomic E-state index is 0.0543. The van der Waals surface area contributed by atoms with E-state index >= 15 is 0 Å². The first-order valence-electron chi connectivity index (χ1n) is 8.48. The Morgan fingerprint density at radius 1 is 1.36 bits per heavy atom. The van der Waals surface area contributed by atoms with Crippen LogP contribution in [0.3, 0.4) is 0 Å². The third kappa shape index (κ3) is 4.01. The maximum absolute atomic E-state index is 12.4. The average Bonchev–Trinajstić information content (AvgIpc) is 2.61. The molecule has 0 spiro atoms. The highest BCUT2D eigenvalue weighted by molar-refractivity contribution is 6.32. The van der Waals surface area contributed by atoms with E-state index in [1.54, 1.807) is 18.2 Å². The molecule has 2 atom stereocenters. The van der Waals surface area contributed by atoms with Gasteiger partial charge in [0.15, 0.2) is 6.54 Å². The summed E-state index contributed by atoms with van der Waals surface area (Å²) in [5.41, 5.74) is 3.78. The number of fused-ring (bicyclic) bond motifs is 1. The number of hydrogen-bond acceptors (Lipinski definition) is 2. The quantitative estimate of drug-likeness (QED) is 0.887. The number of rotatable bonds is 4. The van der Waals surface area contributed by atoms with Crippen LogP contribution >= 0.6 is 11.6 Å². The number of carbonyl (C=O) groups is 1. The first-order chi connectivity index (χ1) is 12.1. The predicted octanol–water partition coefficient (Wildman–Crippen LogP) is 2.74. The summed E-state index contributed by atoms with van der Waals surface area (Å²) in [5, 5.41) is 12.1. The van der Waals surface area contributed by atoms with Crippen LogP contribution in [0.2, 0.25) is 5.02 Å². The zero-order valence-electron chi connectivity index (χ0n) is 14.2. The molecule has 0 saturated carbocycles. The molecule has 2 aromatic carbocycles. The van der Waals surface area contributed by atoms with E-state index < -0.39 is 0 Å². The van der Waals surface area contributed by atoms with Crippen molar-refractivity contribution in [2.24, 2.45) is 0 Å². The molecule has 1 aliphatic rings. The van der Waals surface area contributed by atoms with E-state index in [2.05, 4.69) is 36.6 Å². The number of quaternary nitrogens is 1. The fourth-order valence-corrected chi connectivity index (χ4v) is 3.75. The van der Waals surface area contributed by atoms with Gasteiger partial charge in [0.1, 0.15) is 12.1 Å². The van der Waals surface area contributed by atoms with Crippen molar-refractivity contribution in [2.75, 3.05) is 18.9 Å². The molecule has 0 radical (unpaired) electrons. The molecule has 128 valence electrons. The van der Waals surface area contributed by atoms with Crippen LogP contribution in [0.4, 0.5) is 5.69 Å². The number of nitrogens with zero attached hydrogens (tertiary/aromatic N) is 1. The van der Waals surface area contributed by atoms with Gasteiger partial charge in [-0.05, 0) is 36.6 Å². The van der Waals surface area contributed by atoms with Gasteiger partial charge in [-0.25, -0.2) is 0 Å². The van der Waals surface area contributed by atoms with Gasteiger partial charge in [-0.2, -0.15) is 5.26 Å². The molecule has 2 aromatic rings. The first-order valence-corrected chi connectivity index (χ1v) is 8.86. The van der Waals surface area contributed by atoms with Crippen LogP contribution in [-0.2, 0) is 11.2 Å². The molecule has 0 heterocycles. The van der Waals surface area contributed by atoms with Crippen molar-refractivity contribution >= 4 is 23.2 Å². The standard InChI is InChI=1S/C20H20ClN3O/c1-24(19-8-4-6-14-5-2-3-7-17(14)19)13-20(25)23-16-10-9-15(12-22)18(21)11-16/h2-3,5,7,9-11,19H,4,6,8,13H2,1H3,(H,23,25)/p+1/t19-/m1/s1. The lowest BCUT2D eigenvalue weighted by molar-refractivity contribution is -0.905. The van der Waals surface area contributed by atoms with Crippen molar-refractivity contribution in [1.29, 1.82) is 5.26 Å². The maximum Gasteiger partial charge on any atom is 0.279 e. The van der Waals surface area contributed by atoms with Crippen LogP contribution in [0.15, 0.2) is 42.5 Å². The molecule has 5 heteroatoms. The van der Waals surface area contributed by atoms with Crippen LogP contribution in [0.1, 0.15) is 35.6 Å². The molecule has 0 fully saturated rings. The zero-order chi connectivity index (χ0) is 17.8. The van der Waals surface area contributed by atoms with E-state index in [-0.39, 0.29) is 5.91 Å². The second kappa shape index (κ2) is 7.69. The van der Waals surface area contributed by atoms with E-state index in [1.165, 1.54) is 16.0 Å². The fraction of sp³-hybridized carbons (Fsp3) is 0.300. The molecule has 0 aromatic heterocycles. The molecular weight excluding hydrogens is 334 g/mol. The second-order valence-electron chi connectivity index (χ2n) is 6.52. The summed E-state index contributed by atoms with van der Waals surface area (Å²) >= 11 is 6.02. The Kier molecular flexibility index (Phi) is 5.37. The predicted molar refractivity (Wildman–Crippen MR) is 98.7 cm³/mol.